The van der Waals surface area contributed by atoms with E-state index < -0.39 is 29.1 Å². The largest absolute Gasteiger partial charge is 0.325 e. The summed E-state index contributed by atoms with van der Waals surface area (Å²) in [6.07, 6.45) is 1.93. The van der Waals surface area contributed by atoms with Crippen molar-refractivity contribution >= 4 is 11.9 Å². The fourth-order valence-corrected chi connectivity index (χ4v) is 3.25. The average Bonchev–Trinajstić information content (AvgIpc) is 2.87. The number of hydrogen-bond donors (Lipinski definition) is 1. The van der Waals surface area contributed by atoms with E-state index in [4.69, 9.17) is 0 Å². The number of imide groups is 1. The van der Waals surface area contributed by atoms with E-state index in [0.717, 1.165) is 11.3 Å². The number of nitrogens with zero attached hydrogens (tertiary/aromatic N) is 1. The molecule has 1 aliphatic heterocycles. The van der Waals surface area contributed by atoms with Crippen LogP contribution in [0.5, 0.6) is 0 Å². The predicted octanol–water partition coefficient (Wildman–Crippen LogP) is 4.10. The van der Waals surface area contributed by atoms with E-state index in [1.165, 1.54) is 30.3 Å². The molecule has 1 fully saturated rings. The van der Waals surface area contributed by atoms with Crippen molar-refractivity contribution in [3.8, 4) is 0 Å². The molecule has 1 aliphatic rings. The molecular formula is C20H20F2N2O2. The second-order valence-electron chi connectivity index (χ2n) is 6.43. The van der Waals surface area contributed by atoms with Crippen LogP contribution in [0.25, 0.3) is 0 Å². The van der Waals surface area contributed by atoms with Crippen LogP contribution in [0.4, 0.5) is 13.6 Å². The van der Waals surface area contributed by atoms with Crippen LogP contribution in [-0.2, 0) is 16.9 Å². The first kappa shape index (κ1) is 18.0. The molecule has 1 atom stereocenters. The molecule has 1 N–H and O–H groups in total. The Morgan fingerprint density at radius 1 is 1.04 bits per heavy atom. The number of benzene rings is 2. The molecule has 2 aromatic rings. The number of hydrogen-bond acceptors (Lipinski definition) is 2. The van der Waals surface area contributed by atoms with Gasteiger partial charge in [0, 0.05) is 5.56 Å². The number of urea groups is 1. The minimum absolute atomic E-state index is 0.146. The van der Waals surface area contributed by atoms with Crippen LogP contribution in [0.3, 0.4) is 0 Å². The molecule has 0 aliphatic carbocycles. The van der Waals surface area contributed by atoms with Gasteiger partial charge in [-0.25, -0.2) is 13.6 Å². The van der Waals surface area contributed by atoms with Crippen LogP contribution in [-0.4, -0.2) is 16.8 Å². The number of amides is 3. The van der Waals surface area contributed by atoms with Crippen molar-refractivity contribution in [1.29, 1.82) is 0 Å². The molecule has 2 aromatic carbocycles. The van der Waals surface area contributed by atoms with Gasteiger partial charge in [0.2, 0.25) is 0 Å². The van der Waals surface area contributed by atoms with Crippen molar-refractivity contribution in [2.24, 2.45) is 0 Å². The molecule has 3 rings (SSSR count). The van der Waals surface area contributed by atoms with Crippen molar-refractivity contribution in [3.63, 3.8) is 0 Å². The molecule has 0 radical (unpaired) electrons. The van der Waals surface area contributed by atoms with Crippen LogP contribution >= 0.6 is 0 Å². The maximum absolute atomic E-state index is 13.9. The van der Waals surface area contributed by atoms with Crippen LogP contribution in [0.15, 0.2) is 48.5 Å². The molecule has 1 heterocycles. The average molecular weight is 358 g/mol. The molecule has 0 bridgehead atoms. The second kappa shape index (κ2) is 7.23. The monoisotopic (exact) mass is 358 g/mol. The smallest absolute Gasteiger partial charge is 0.319 e. The summed E-state index contributed by atoms with van der Waals surface area (Å²) in [4.78, 5) is 26.7. The van der Waals surface area contributed by atoms with Crippen molar-refractivity contribution in [2.75, 3.05) is 0 Å². The Morgan fingerprint density at radius 3 is 2.38 bits per heavy atom. The standard InChI is InChI=1S/C20H20F2N2O2/c1-2-3-12-20(15-8-10-16(21)11-9-15)18(25)24(19(26)23-20)13-14-6-4-5-7-17(14)22/h4-11H,2-3,12-13H2,1H3,(H,23,26)/t20-/m0/s1. The lowest BCUT2D eigenvalue weighted by Gasteiger charge is -2.27. The number of unbranched alkanes of at least 4 members (excludes halogenated alkanes) is 1. The van der Waals surface area contributed by atoms with E-state index in [1.54, 1.807) is 18.2 Å². The van der Waals surface area contributed by atoms with Gasteiger partial charge in [-0.3, -0.25) is 9.69 Å². The van der Waals surface area contributed by atoms with Crippen molar-refractivity contribution in [2.45, 2.75) is 38.3 Å². The molecule has 136 valence electrons. The topological polar surface area (TPSA) is 49.4 Å². The Labute approximate surface area is 150 Å². The van der Waals surface area contributed by atoms with Gasteiger partial charge in [0.15, 0.2) is 0 Å². The van der Waals surface area contributed by atoms with Gasteiger partial charge in [-0.2, -0.15) is 0 Å². The first-order chi connectivity index (χ1) is 12.5. The molecule has 3 amide bonds. The fraction of sp³-hybridized carbons (Fsp3) is 0.300. The van der Waals surface area contributed by atoms with Crippen LogP contribution in [0, 0.1) is 11.6 Å². The summed E-state index contributed by atoms with van der Waals surface area (Å²) in [7, 11) is 0. The summed E-state index contributed by atoms with van der Waals surface area (Å²) in [5, 5.41) is 2.77. The Balaban J connectivity index is 1.96. The first-order valence-electron chi connectivity index (χ1n) is 8.61. The van der Waals surface area contributed by atoms with Gasteiger partial charge in [0.05, 0.1) is 6.54 Å². The molecule has 4 nitrogen and oxygen atoms in total. The van der Waals surface area contributed by atoms with E-state index in [9.17, 15) is 18.4 Å². The van der Waals surface area contributed by atoms with Crippen LogP contribution in [0.1, 0.15) is 37.3 Å². The maximum atomic E-state index is 13.9. The zero-order chi connectivity index (χ0) is 18.7. The van der Waals surface area contributed by atoms with Gasteiger partial charge < -0.3 is 5.32 Å². The number of halogens is 2. The fourth-order valence-electron chi connectivity index (χ4n) is 3.25. The van der Waals surface area contributed by atoms with Crippen molar-refractivity contribution < 1.29 is 18.4 Å². The van der Waals surface area contributed by atoms with E-state index in [1.807, 2.05) is 6.92 Å². The van der Waals surface area contributed by atoms with Gasteiger partial charge in [-0.15, -0.1) is 0 Å². The molecular weight excluding hydrogens is 338 g/mol. The van der Waals surface area contributed by atoms with Gasteiger partial charge in [-0.1, -0.05) is 50.1 Å². The highest BCUT2D eigenvalue weighted by atomic mass is 19.1. The quantitative estimate of drug-likeness (QED) is 0.791. The molecule has 0 spiro atoms. The Bertz CT molecular complexity index is 823. The molecule has 1 saturated heterocycles. The normalized spacial score (nSPS) is 19.7. The van der Waals surface area contributed by atoms with E-state index in [0.29, 0.717) is 18.4 Å². The van der Waals surface area contributed by atoms with E-state index >= 15 is 0 Å². The van der Waals surface area contributed by atoms with Crippen LogP contribution in [0.2, 0.25) is 0 Å². The maximum Gasteiger partial charge on any atom is 0.325 e. The lowest BCUT2D eigenvalue weighted by atomic mass is 9.84. The minimum Gasteiger partial charge on any atom is -0.319 e. The van der Waals surface area contributed by atoms with Gasteiger partial charge in [-0.05, 0) is 30.2 Å². The number of carbonyl (C=O) groups is 2. The predicted molar refractivity (Wildman–Crippen MR) is 93.1 cm³/mol. The molecule has 0 aromatic heterocycles. The molecule has 6 heteroatoms. The highest BCUT2D eigenvalue weighted by Gasteiger charge is 2.51. The lowest BCUT2D eigenvalue weighted by molar-refractivity contribution is -0.132. The number of carbonyl (C=O) groups excluding carboxylic acids is 2. The zero-order valence-corrected chi connectivity index (χ0v) is 14.5. The zero-order valence-electron chi connectivity index (χ0n) is 14.5. The highest BCUT2D eigenvalue weighted by molar-refractivity contribution is 6.07. The minimum atomic E-state index is -1.24. The van der Waals surface area contributed by atoms with E-state index in [2.05, 4.69) is 5.32 Å². The Hall–Kier alpha value is -2.76. The van der Waals surface area contributed by atoms with Crippen LogP contribution < -0.4 is 5.32 Å². The Morgan fingerprint density at radius 2 is 1.73 bits per heavy atom. The summed E-state index contributed by atoms with van der Waals surface area (Å²) in [5.41, 5.74) is -0.449. The number of nitrogens with one attached hydrogen (secondary N) is 1. The summed E-state index contributed by atoms with van der Waals surface area (Å²) in [6.45, 7) is 1.84. The third kappa shape index (κ3) is 3.19. The lowest BCUT2D eigenvalue weighted by Crippen LogP contribution is -2.44. The van der Waals surface area contributed by atoms with Crippen molar-refractivity contribution in [3.05, 3.63) is 71.3 Å². The first-order valence-corrected chi connectivity index (χ1v) is 8.61. The van der Waals surface area contributed by atoms with Gasteiger partial charge in [0.1, 0.15) is 17.2 Å². The van der Waals surface area contributed by atoms with E-state index in [-0.39, 0.29) is 12.1 Å². The molecule has 0 saturated carbocycles. The summed E-state index contributed by atoms with van der Waals surface area (Å²) in [6, 6.07) is 11.0. The molecule has 0 unspecified atom stereocenters. The highest BCUT2D eigenvalue weighted by Crippen LogP contribution is 2.35. The number of rotatable bonds is 6. The Kier molecular flexibility index (Phi) is 5.02. The van der Waals surface area contributed by atoms with Gasteiger partial charge >= 0.3 is 6.03 Å². The van der Waals surface area contributed by atoms with Crippen molar-refractivity contribution in [1.82, 2.24) is 10.2 Å². The second-order valence-corrected chi connectivity index (χ2v) is 6.43. The summed E-state index contributed by atoms with van der Waals surface area (Å²) >= 11 is 0. The SMILES string of the molecule is CCCC[C@@]1(c2ccc(F)cc2)NC(=O)N(Cc2ccccc2F)C1=O. The molecule has 26 heavy (non-hydrogen) atoms. The third-order valence-corrected chi connectivity index (χ3v) is 4.70. The third-order valence-electron chi connectivity index (χ3n) is 4.70. The summed E-state index contributed by atoms with van der Waals surface area (Å²) in [5.74, 6) is -1.33. The van der Waals surface area contributed by atoms with Gasteiger partial charge in [0.25, 0.3) is 5.91 Å². The summed E-state index contributed by atoms with van der Waals surface area (Å²) < 4.78 is 27.3.